The van der Waals surface area contributed by atoms with Crippen molar-refractivity contribution < 1.29 is 0 Å². The van der Waals surface area contributed by atoms with Crippen LogP contribution in [0.4, 0.5) is 5.82 Å². The molecule has 2 aromatic heterocycles. The third-order valence-corrected chi connectivity index (χ3v) is 2.20. The van der Waals surface area contributed by atoms with E-state index in [1.807, 2.05) is 20.0 Å². The van der Waals surface area contributed by atoms with Gasteiger partial charge in [0.05, 0.1) is 11.9 Å². The van der Waals surface area contributed by atoms with Crippen LogP contribution in [-0.2, 0) is 7.05 Å². The Balaban J connectivity index is 2.49. The van der Waals surface area contributed by atoms with Crippen LogP contribution in [0.2, 0.25) is 0 Å². The summed E-state index contributed by atoms with van der Waals surface area (Å²) in [6.45, 7) is 1.99. The number of aryl methyl sites for hydroxylation is 1. The Kier molecular flexibility index (Phi) is 1.92. The van der Waals surface area contributed by atoms with Gasteiger partial charge in [-0.15, -0.1) is 10.2 Å². The van der Waals surface area contributed by atoms with Gasteiger partial charge in [0.15, 0.2) is 0 Å². The Labute approximate surface area is 81.6 Å². The van der Waals surface area contributed by atoms with Crippen LogP contribution in [0.15, 0.2) is 18.3 Å². The van der Waals surface area contributed by atoms with Crippen LogP contribution in [0.25, 0.3) is 11.3 Å². The molecule has 72 valence electrons. The summed E-state index contributed by atoms with van der Waals surface area (Å²) >= 11 is 0. The lowest BCUT2D eigenvalue weighted by atomic mass is 10.2. The van der Waals surface area contributed by atoms with Gasteiger partial charge in [-0.05, 0) is 19.1 Å². The first-order chi connectivity index (χ1) is 6.68. The second-order valence-electron chi connectivity index (χ2n) is 3.11. The van der Waals surface area contributed by atoms with Gasteiger partial charge in [-0.2, -0.15) is 5.10 Å². The Morgan fingerprint density at radius 1 is 1.29 bits per heavy atom. The highest BCUT2D eigenvalue weighted by molar-refractivity contribution is 5.60. The molecule has 0 unspecified atom stereocenters. The molecule has 5 nitrogen and oxygen atoms in total. The van der Waals surface area contributed by atoms with Crippen molar-refractivity contribution in [2.75, 3.05) is 5.73 Å². The molecule has 2 heterocycles. The molecule has 2 aromatic rings. The summed E-state index contributed by atoms with van der Waals surface area (Å²) in [6, 6.07) is 3.57. The molecular weight excluding hydrogens is 178 g/mol. The second kappa shape index (κ2) is 3.10. The fourth-order valence-electron chi connectivity index (χ4n) is 1.24. The molecule has 0 aliphatic carbocycles. The van der Waals surface area contributed by atoms with E-state index in [1.165, 1.54) is 0 Å². The SMILES string of the molecule is Cc1c(-c2ccc(N)nn2)cnn1C. The molecule has 0 aromatic carbocycles. The second-order valence-corrected chi connectivity index (χ2v) is 3.11. The Bertz CT molecular complexity index is 443. The standard InChI is InChI=1S/C9H11N5/c1-6-7(5-11-14(6)2)8-3-4-9(10)13-12-8/h3-5H,1-2H3,(H2,10,13). The van der Waals surface area contributed by atoms with E-state index in [9.17, 15) is 0 Å². The number of nitrogen functional groups attached to an aromatic ring is 1. The third-order valence-electron chi connectivity index (χ3n) is 2.20. The van der Waals surface area contributed by atoms with Gasteiger partial charge in [0, 0.05) is 18.3 Å². The molecule has 0 spiro atoms. The van der Waals surface area contributed by atoms with Crippen LogP contribution in [0.1, 0.15) is 5.69 Å². The van der Waals surface area contributed by atoms with Crippen molar-refractivity contribution in [3.63, 3.8) is 0 Å². The first kappa shape index (κ1) is 8.68. The average Bonchev–Trinajstić information content (AvgIpc) is 2.50. The summed E-state index contributed by atoms with van der Waals surface area (Å²) in [5, 5.41) is 11.9. The zero-order valence-electron chi connectivity index (χ0n) is 8.10. The maximum atomic E-state index is 5.45. The van der Waals surface area contributed by atoms with Crippen molar-refractivity contribution in [2.24, 2.45) is 7.05 Å². The Morgan fingerprint density at radius 2 is 2.07 bits per heavy atom. The molecule has 0 amide bonds. The summed E-state index contributed by atoms with van der Waals surface area (Å²) in [5.74, 6) is 0.426. The van der Waals surface area contributed by atoms with Crippen LogP contribution < -0.4 is 5.73 Å². The van der Waals surface area contributed by atoms with Gasteiger partial charge in [0.2, 0.25) is 0 Å². The van der Waals surface area contributed by atoms with Gasteiger partial charge in [0.1, 0.15) is 5.82 Å². The van der Waals surface area contributed by atoms with E-state index in [2.05, 4.69) is 15.3 Å². The smallest absolute Gasteiger partial charge is 0.146 e. The van der Waals surface area contributed by atoms with E-state index >= 15 is 0 Å². The van der Waals surface area contributed by atoms with E-state index in [1.54, 1.807) is 16.9 Å². The maximum Gasteiger partial charge on any atom is 0.146 e. The molecule has 0 aliphatic rings. The first-order valence-electron chi connectivity index (χ1n) is 4.26. The van der Waals surface area contributed by atoms with E-state index in [4.69, 9.17) is 5.73 Å². The fraction of sp³-hybridized carbons (Fsp3) is 0.222. The Morgan fingerprint density at radius 3 is 2.57 bits per heavy atom. The van der Waals surface area contributed by atoms with E-state index < -0.39 is 0 Å². The normalized spacial score (nSPS) is 10.4. The predicted octanol–water partition coefficient (Wildman–Crippen LogP) is 0.768. The van der Waals surface area contributed by atoms with Gasteiger partial charge in [-0.1, -0.05) is 0 Å². The zero-order chi connectivity index (χ0) is 10.1. The van der Waals surface area contributed by atoms with Crippen LogP contribution >= 0.6 is 0 Å². The van der Waals surface area contributed by atoms with Crippen molar-refractivity contribution in [1.29, 1.82) is 0 Å². The summed E-state index contributed by atoms with van der Waals surface area (Å²) in [7, 11) is 1.89. The molecule has 2 N–H and O–H groups in total. The highest BCUT2D eigenvalue weighted by Crippen LogP contribution is 2.19. The molecule has 0 aliphatic heterocycles. The van der Waals surface area contributed by atoms with Crippen molar-refractivity contribution in [3.8, 4) is 11.3 Å². The van der Waals surface area contributed by atoms with Crippen LogP contribution in [-0.4, -0.2) is 20.0 Å². The summed E-state index contributed by atoms with van der Waals surface area (Å²) < 4.78 is 1.80. The topological polar surface area (TPSA) is 69.6 Å². The molecule has 0 atom stereocenters. The molecule has 0 radical (unpaired) electrons. The van der Waals surface area contributed by atoms with Crippen molar-refractivity contribution in [3.05, 3.63) is 24.0 Å². The molecular formula is C9H11N5. The average molecular weight is 189 g/mol. The highest BCUT2D eigenvalue weighted by Gasteiger charge is 2.07. The quantitative estimate of drug-likeness (QED) is 0.719. The summed E-state index contributed by atoms with van der Waals surface area (Å²) in [6.07, 6.45) is 1.77. The van der Waals surface area contributed by atoms with E-state index in [-0.39, 0.29) is 0 Å². The number of anilines is 1. The number of aromatic nitrogens is 4. The molecule has 0 bridgehead atoms. The number of hydrogen-bond donors (Lipinski definition) is 1. The predicted molar refractivity (Wildman–Crippen MR) is 53.4 cm³/mol. The summed E-state index contributed by atoms with van der Waals surface area (Å²) in [4.78, 5) is 0. The van der Waals surface area contributed by atoms with Gasteiger partial charge < -0.3 is 5.73 Å². The van der Waals surface area contributed by atoms with Gasteiger partial charge in [-0.3, -0.25) is 4.68 Å². The lowest BCUT2D eigenvalue weighted by molar-refractivity contribution is 0.740. The number of nitrogens with two attached hydrogens (primary N) is 1. The summed E-state index contributed by atoms with van der Waals surface area (Å²) in [5.41, 5.74) is 8.30. The monoisotopic (exact) mass is 189 g/mol. The van der Waals surface area contributed by atoms with Crippen molar-refractivity contribution in [1.82, 2.24) is 20.0 Å². The molecule has 14 heavy (non-hydrogen) atoms. The number of nitrogens with zero attached hydrogens (tertiary/aromatic N) is 4. The van der Waals surface area contributed by atoms with Gasteiger partial charge in [0.25, 0.3) is 0 Å². The fourth-order valence-corrected chi connectivity index (χ4v) is 1.24. The van der Waals surface area contributed by atoms with Crippen LogP contribution in [0.5, 0.6) is 0 Å². The van der Waals surface area contributed by atoms with Gasteiger partial charge >= 0.3 is 0 Å². The lowest BCUT2D eigenvalue weighted by Crippen LogP contribution is -1.95. The van der Waals surface area contributed by atoms with Gasteiger partial charge in [-0.25, -0.2) is 0 Å². The Hall–Kier alpha value is -1.91. The zero-order valence-corrected chi connectivity index (χ0v) is 8.10. The maximum absolute atomic E-state index is 5.45. The third kappa shape index (κ3) is 1.32. The highest BCUT2D eigenvalue weighted by atomic mass is 15.3. The minimum atomic E-state index is 0.426. The van der Waals surface area contributed by atoms with E-state index in [0.717, 1.165) is 17.0 Å². The number of hydrogen-bond acceptors (Lipinski definition) is 4. The van der Waals surface area contributed by atoms with E-state index in [0.29, 0.717) is 5.82 Å². The minimum absolute atomic E-state index is 0.426. The minimum Gasteiger partial charge on any atom is -0.382 e. The molecule has 0 saturated carbocycles. The largest absolute Gasteiger partial charge is 0.382 e. The molecule has 5 heteroatoms. The van der Waals surface area contributed by atoms with Crippen molar-refractivity contribution >= 4 is 5.82 Å². The molecule has 2 rings (SSSR count). The first-order valence-corrected chi connectivity index (χ1v) is 4.26. The molecule has 0 fully saturated rings. The van der Waals surface area contributed by atoms with Crippen LogP contribution in [0, 0.1) is 6.92 Å². The lowest BCUT2D eigenvalue weighted by Gasteiger charge is -1.98. The van der Waals surface area contributed by atoms with Crippen molar-refractivity contribution in [2.45, 2.75) is 6.92 Å². The molecule has 0 saturated heterocycles. The van der Waals surface area contributed by atoms with Crippen LogP contribution in [0.3, 0.4) is 0 Å². The number of rotatable bonds is 1.